The van der Waals surface area contributed by atoms with Gasteiger partial charge in [0, 0.05) is 12.3 Å². The number of hydrogen-bond donors (Lipinski definition) is 1. The van der Waals surface area contributed by atoms with Crippen molar-refractivity contribution in [2.75, 3.05) is 13.2 Å². The van der Waals surface area contributed by atoms with Gasteiger partial charge in [0.1, 0.15) is 6.61 Å². The van der Waals surface area contributed by atoms with Crippen molar-refractivity contribution >= 4 is 6.09 Å². The number of aromatic nitrogens is 1. The molecule has 0 spiro atoms. The van der Waals surface area contributed by atoms with Gasteiger partial charge in [-0.05, 0) is 26.8 Å². The Hall–Kier alpha value is -1.78. The highest BCUT2D eigenvalue weighted by Gasteiger charge is 2.22. The average Bonchev–Trinajstić information content (AvgIpc) is 2.27. The Morgan fingerprint density at radius 1 is 1.47 bits per heavy atom. The van der Waals surface area contributed by atoms with Crippen LogP contribution < -0.4 is 10.1 Å². The molecule has 0 unspecified atom stereocenters. The highest BCUT2D eigenvalue weighted by Crippen LogP contribution is 2.08. The molecule has 94 valence electrons. The van der Waals surface area contributed by atoms with Gasteiger partial charge in [0.05, 0.1) is 12.1 Å². The summed E-state index contributed by atoms with van der Waals surface area (Å²) in [4.78, 5) is 15.3. The van der Waals surface area contributed by atoms with Crippen molar-refractivity contribution in [3.63, 3.8) is 0 Å². The minimum Gasteiger partial charge on any atom is -0.475 e. The third kappa shape index (κ3) is 5.19. The molecule has 1 aromatic rings. The number of pyridine rings is 1. The number of hydrogen-bond acceptors (Lipinski definition) is 4. The zero-order chi connectivity index (χ0) is 12.7. The molecule has 0 bridgehead atoms. The van der Waals surface area contributed by atoms with E-state index in [1.54, 1.807) is 19.2 Å². The predicted molar refractivity (Wildman–Crippen MR) is 64.0 cm³/mol. The summed E-state index contributed by atoms with van der Waals surface area (Å²) in [5, 5.41) is 2.71. The molecule has 0 atom stereocenters. The molecule has 1 rings (SSSR count). The third-order valence-electron chi connectivity index (χ3n) is 1.93. The van der Waals surface area contributed by atoms with Crippen molar-refractivity contribution in [3.8, 4) is 5.88 Å². The van der Waals surface area contributed by atoms with Gasteiger partial charge in [0.15, 0.2) is 0 Å². The smallest absolute Gasteiger partial charge is 0.407 e. The molecule has 0 aliphatic rings. The first-order valence-electron chi connectivity index (χ1n) is 5.52. The molecule has 17 heavy (non-hydrogen) atoms. The van der Waals surface area contributed by atoms with Crippen molar-refractivity contribution in [1.82, 2.24) is 10.3 Å². The van der Waals surface area contributed by atoms with Crippen molar-refractivity contribution in [3.05, 3.63) is 24.4 Å². The summed E-state index contributed by atoms with van der Waals surface area (Å²) in [5.41, 5.74) is -0.510. The van der Waals surface area contributed by atoms with Gasteiger partial charge < -0.3 is 14.8 Å². The van der Waals surface area contributed by atoms with Crippen molar-refractivity contribution in [2.24, 2.45) is 0 Å². The quantitative estimate of drug-likeness (QED) is 0.852. The van der Waals surface area contributed by atoms with Crippen LogP contribution in [0.2, 0.25) is 0 Å². The number of carbonyl (C=O) groups excluding carboxylic acids is 1. The van der Waals surface area contributed by atoms with Crippen LogP contribution in [0, 0.1) is 0 Å². The summed E-state index contributed by atoms with van der Waals surface area (Å²) in [6.07, 6.45) is 1.21. The summed E-state index contributed by atoms with van der Waals surface area (Å²) in [7, 11) is 0. The number of ether oxygens (including phenoxy) is 2. The van der Waals surface area contributed by atoms with Crippen LogP contribution in [0.15, 0.2) is 24.4 Å². The maximum absolute atomic E-state index is 11.3. The van der Waals surface area contributed by atoms with Crippen LogP contribution in [-0.2, 0) is 4.74 Å². The highest BCUT2D eigenvalue weighted by molar-refractivity contribution is 5.68. The van der Waals surface area contributed by atoms with E-state index in [1.165, 1.54) is 0 Å². The lowest BCUT2D eigenvalue weighted by Crippen LogP contribution is -2.48. The fraction of sp³-hybridized carbons (Fsp3) is 0.500. The molecule has 0 radical (unpaired) electrons. The van der Waals surface area contributed by atoms with E-state index in [-0.39, 0.29) is 0 Å². The first kappa shape index (κ1) is 13.3. The first-order valence-corrected chi connectivity index (χ1v) is 5.52. The van der Waals surface area contributed by atoms with E-state index in [9.17, 15) is 4.79 Å². The van der Waals surface area contributed by atoms with Crippen molar-refractivity contribution < 1.29 is 14.3 Å². The summed E-state index contributed by atoms with van der Waals surface area (Å²) in [6, 6.07) is 5.42. The summed E-state index contributed by atoms with van der Waals surface area (Å²) >= 11 is 0. The number of rotatable bonds is 5. The molecule has 1 aromatic heterocycles. The molecule has 0 saturated heterocycles. The van der Waals surface area contributed by atoms with Crippen LogP contribution >= 0.6 is 0 Å². The van der Waals surface area contributed by atoms with Gasteiger partial charge in [-0.25, -0.2) is 9.78 Å². The Labute approximate surface area is 101 Å². The average molecular weight is 238 g/mol. The number of nitrogens with zero attached hydrogens (tertiary/aromatic N) is 1. The molecule has 1 heterocycles. The molecule has 0 aliphatic carbocycles. The second-order valence-electron chi connectivity index (χ2n) is 4.19. The number of carbonyl (C=O) groups is 1. The molecule has 0 saturated carbocycles. The van der Waals surface area contributed by atoms with E-state index < -0.39 is 11.6 Å². The van der Waals surface area contributed by atoms with Gasteiger partial charge in [-0.2, -0.15) is 0 Å². The zero-order valence-corrected chi connectivity index (χ0v) is 10.4. The number of alkyl carbamates (subject to hydrolysis) is 1. The lowest BCUT2D eigenvalue weighted by molar-refractivity contribution is 0.129. The second-order valence-corrected chi connectivity index (χ2v) is 4.19. The normalized spacial score (nSPS) is 10.8. The summed E-state index contributed by atoms with van der Waals surface area (Å²) < 4.78 is 10.3. The van der Waals surface area contributed by atoms with E-state index in [0.29, 0.717) is 19.1 Å². The minimum atomic E-state index is -0.510. The Balaban J connectivity index is 2.41. The van der Waals surface area contributed by atoms with E-state index in [0.717, 1.165) is 0 Å². The number of amides is 1. The van der Waals surface area contributed by atoms with Crippen LogP contribution in [0.5, 0.6) is 5.88 Å². The van der Waals surface area contributed by atoms with Gasteiger partial charge in [0.25, 0.3) is 0 Å². The van der Waals surface area contributed by atoms with E-state index in [2.05, 4.69) is 10.3 Å². The van der Waals surface area contributed by atoms with Gasteiger partial charge in [-0.1, -0.05) is 6.07 Å². The topological polar surface area (TPSA) is 60.5 Å². The maximum atomic E-state index is 11.3. The van der Waals surface area contributed by atoms with Crippen LogP contribution in [0.3, 0.4) is 0 Å². The van der Waals surface area contributed by atoms with Gasteiger partial charge >= 0.3 is 6.09 Å². The Morgan fingerprint density at radius 3 is 2.82 bits per heavy atom. The van der Waals surface area contributed by atoms with E-state index in [4.69, 9.17) is 9.47 Å². The molecule has 5 nitrogen and oxygen atoms in total. The zero-order valence-electron chi connectivity index (χ0n) is 10.4. The Morgan fingerprint density at radius 2 is 2.24 bits per heavy atom. The van der Waals surface area contributed by atoms with Crippen molar-refractivity contribution in [1.29, 1.82) is 0 Å². The summed E-state index contributed by atoms with van der Waals surface area (Å²) in [6.45, 7) is 6.14. The standard InChI is InChI=1S/C12H18N2O3/c1-4-16-11(15)14-12(2,3)9-17-10-7-5-6-8-13-10/h5-8H,4,9H2,1-3H3,(H,14,15). The monoisotopic (exact) mass is 238 g/mol. The minimum absolute atomic E-state index is 0.322. The largest absolute Gasteiger partial charge is 0.475 e. The molecule has 1 N–H and O–H groups in total. The molecule has 0 aliphatic heterocycles. The molecule has 1 amide bonds. The molecule has 5 heteroatoms. The van der Waals surface area contributed by atoms with E-state index in [1.807, 2.05) is 26.0 Å². The van der Waals surface area contributed by atoms with Crippen LogP contribution in [0.1, 0.15) is 20.8 Å². The highest BCUT2D eigenvalue weighted by atomic mass is 16.5. The SMILES string of the molecule is CCOC(=O)NC(C)(C)COc1ccccn1. The maximum Gasteiger partial charge on any atom is 0.407 e. The molecule has 0 fully saturated rings. The summed E-state index contributed by atoms with van der Waals surface area (Å²) in [5.74, 6) is 0.534. The fourth-order valence-corrected chi connectivity index (χ4v) is 1.17. The van der Waals surface area contributed by atoms with Crippen molar-refractivity contribution in [2.45, 2.75) is 26.3 Å². The Bertz CT molecular complexity index is 352. The fourth-order valence-electron chi connectivity index (χ4n) is 1.17. The molecule has 0 aromatic carbocycles. The third-order valence-corrected chi connectivity index (χ3v) is 1.93. The van der Waals surface area contributed by atoms with Gasteiger partial charge in [-0.3, -0.25) is 0 Å². The lowest BCUT2D eigenvalue weighted by Gasteiger charge is -2.25. The predicted octanol–water partition coefficient (Wildman–Crippen LogP) is 1.99. The van der Waals surface area contributed by atoms with Crippen LogP contribution in [-0.4, -0.2) is 29.8 Å². The van der Waals surface area contributed by atoms with Crippen LogP contribution in [0.25, 0.3) is 0 Å². The molecular weight excluding hydrogens is 220 g/mol. The first-order chi connectivity index (χ1) is 8.03. The van der Waals surface area contributed by atoms with E-state index >= 15 is 0 Å². The lowest BCUT2D eigenvalue weighted by atomic mass is 10.1. The number of nitrogens with one attached hydrogen (secondary N) is 1. The van der Waals surface area contributed by atoms with Gasteiger partial charge in [0.2, 0.25) is 5.88 Å². The second kappa shape index (κ2) is 6.08. The van der Waals surface area contributed by atoms with Gasteiger partial charge in [-0.15, -0.1) is 0 Å². The van der Waals surface area contributed by atoms with Crippen LogP contribution in [0.4, 0.5) is 4.79 Å². The molecular formula is C12H18N2O3. The Kier molecular flexibility index (Phi) is 4.75.